The summed E-state index contributed by atoms with van der Waals surface area (Å²) in [6.07, 6.45) is 5.35. The number of rotatable bonds is 6. The standard InChI is InChI=1S/C21H22N8O2/c1-12(13-6-4-3-5-7-13)28(2)19-25-17-14(10-16-18(30)26-21(31)24-16)11-22-29(17)20(27-19)23-15-8-9-15/h3-7,10-12,15H,8-9H2,1-2H3,(H,23,25,27)(H2,24,26,30,31)/b16-10-/t12-/m1/s1. The molecule has 1 atom stereocenters. The maximum atomic E-state index is 11.9. The molecule has 3 heterocycles. The van der Waals surface area contributed by atoms with Gasteiger partial charge in [-0.2, -0.15) is 19.6 Å². The van der Waals surface area contributed by atoms with E-state index in [-0.39, 0.29) is 11.7 Å². The zero-order chi connectivity index (χ0) is 21.5. The number of amides is 3. The van der Waals surface area contributed by atoms with Crippen molar-refractivity contribution < 1.29 is 9.59 Å². The molecule has 3 aromatic rings. The zero-order valence-electron chi connectivity index (χ0n) is 17.2. The van der Waals surface area contributed by atoms with Crippen molar-refractivity contribution in [3.8, 4) is 0 Å². The Hall–Kier alpha value is -3.95. The fourth-order valence-electron chi connectivity index (χ4n) is 3.41. The van der Waals surface area contributed by atoms with Gasteiger partial charge in [-0.15, -0.1) is 0 Å². The molecule has 158 valence electrons. The van der Waals surface area contributed by atoms with Gasteiger partial charge in [0.25, 0.3) is 5.91 Å². The quantitative estimate of drug-likeness (QED) is 0.414. The van der Waals surface area contributed by atoms with Gasteiger partial charge in [-0.3, -0.25) is 10.1 Å². The summed E-state index contributed by atoms with van der Waals surface area (Å²) in [5.74, 6) is 0.649. The van der Waals surface area contributed by atoms with Gasteiger partial charge in [-0.05, 0) is 31.4 Å². The second-order valence-corrected chi connectivity index (χ2v) is 7.76. The number of carbonyl (C=O) groups is 2. The molecule has 5 rings (SSSR count). The van der Waals surface area contributed by atoms with Crippen LogP contribution in [0.5, 0.6) is 0 Å². The first-order chi connectivity index (χ1) is 15.0. The number of nitrogens with one attached hydrogen (secondary N) is 3. The Labute approximate surface area is 178 Å². The van der Waals surface area contributed by atoms with Gasteiger partial charge in [-0.1, -0.05) is 30.3 Å². The number of hydrogen-bond acceptors (Lipinski definition) is 7. The average molecular weight is 418 g/mol. The average Bonchev–Trinajstić information content (AvgIpc) is 3.41. The van der Waals surface area contributed by atoms with Crippen LogP contribution in [0.4, 0.5) is 16.7 Å². The molecule has 0 unspecified atom stereocenters. The molecular weight excluding hydrogens is 396 g/mol. The second kappa shape index (κ2) is 7.38. The van der Waals surface area contributed by atoms with E-state index in [0.717, 1.165) is 18.4 Å². The molecule has 0 spiro atoms. The van der Waals surface area contributed by atoms with Crippen LogP contribution < -0.4 is 20.9 Å². The van der Waals surface area contributed by atoms with Gasteiger partial charge in [0.05, 0.1) is 12.2 Å². The molecule has 0 radical (unpaired) electrons. The molecule has 2 aromatic heterocycles. The highest BCUT2D eigenvalue weighted by Crippen LogP contribution is 2.28. The summed E-state index contributed by atoms with van der Waals surface area (Å²) in [6, 6.07) is 10.0. The Morgan fingerprint density at radius 1 is 1.19 bits per heavy atom. The smallest absolute Gasteiger partial charge is 0.326 e. The predicted octanol–water partition coefficient (Wildman–Crippen LogP) is 2.08. The Kier molecular flexibility index (Phi) is 4.54. The molecule has 10 nitrogen and oxygen atoms in total. The maximum Gasteiger partial charge on any atom is 0.326 e. The van der Waals surface area contributed by atoms with Gasteiger partial charge in [0, 0.05) is 18.7 Å². The lowest BCUT2D eigenvalue weighted by atomic mass is 10.1. The Morgan fingerprint density at radius 2 is 1.97 bits per heavy atom. The van der Waals surface area contributed by atoms with Crippen LogP contribution in [-0.4, -0.2) is 44.6 Å². The summed E-state index contributed by atoms with van der Waals surface area (Å²) in [4.78, 5) is 34.9. The Bertz CT molecular complexity index is 1200. The minimum atomic E-state index is -0.546. The first-order valence-electron chi connectivity index (χ1n) is 10.1. The highest BCUT2D eigenvalue weighted by atomic mass is 16.2. The van der Waals surface area contributed by atoms with Crippen LogP contribution in [0.25, 0.3) is 11.7 Å². The van der Waals surface area contributed by atoms with Crippen LogP contribution in [-0.2, 0) is 4.79 Å². The number of anilines is 2. The highest BCUT2D eigenvalue weighted by Gasteiger charge is 2.27. The lowest BCUT2D eigenvalue weighted by Crippen LogP contribution is -2.25. The van der Waals surface area contributed by atoms with E-state index in [4.69, 9.17) is 9.97 Å². The van der Waals surface area contributed by atoms with Gasteiger partial charge in [0.15, 0.2) is 5.65 Å². The molecule has 1 saturated heterocycles. The van der Waals surface area contributed by atoms with Crippen LogP contribution in [0.1, 0.15) is 36.9 Å². The molecule has 2 fully saturated rings. The third-order valence-electron chi connectivity index (χ3n) is 5.49. The number of nitrogens with zero attached hydrogens (tertiary/aromatic N) is 5. The predicted molar refractivity (Wildman–Crippen MR) is 115 cm³/mol. The van der Waals surface area contributed by atoms with E-state index in [0.29, 0.717) is 29.1 Å². The third-order valence-corrected chi connectivity index (χ3v) is 5.49. The molecule has 3 N–H and O–H groups in total. The molecule has 1 saturated carbocycles. The SMILES string of the molecule is C[C@H](c1ccccc1)N(C)c1nc(NC2CC2)n2ncc(/C=C3\NC(=O)NC3=O)c2n1. The van der Waals surface area contributed by atoms with E-state index in [1.54, 1.807) is 16.8 Å². The van der Waals surface area contributed by atoms with E-state index in [2.05, 4.69) is 40.1 Å². The van der Waals surface area contributed by atoms with Crippen molar-refractivity contribution in [2.75, 3.05) is 17.3 Å². The number of urea groups is 1. The summed E-state index contributed by atoms with van der Waals surface area (Å²) in [5, 5.41) is 12.5. The van der Waals surface area contributed by atoms with Crippen LogP contribution in [0.2, 0.25) is 0 Å². The van der Waals surface area contributed by atoms with E-state index < -0.39 is 11.9 Å². The third kappa shape index (κ3) is 3.67. The number of benzene rings is 1. The van der Waals surface area contributed by atoms with Crippen molar-refractivity contribution in [3.63, 3.8) is 0 Å². The monoisotopic (exact) mass is 418 g/mol. The van der Waals surface area contributed by atoms with Crippen molar-refractivity contribution in [2.24, 2.45) is 0 Å². The van der Waals surface area contributed by atoms with Crippen LogP contribution >= 0.6 is 0 Å². The van der Waals surface area contributed by atoms with Gasteiger partial charge in [0.1, 0.15) is 5.70 Å². The summed E-state index contributed by atoms with van der Waals surface area (Å²) < 4.78 is 1.63. The van der Waals surface area contributed by atoms with Crippen LogP contribution in [0.15, 0.2) is 42.2 Å². The molecule has 1 aromatic carbocycles. The normalized spacial score (nSPS) is 18.2. The number of imide groups is 1. The topological polar surface area (TPSA) is 117 Å². The Balaban J connectivity index is 1.57. The first kappa shape index (κ1) is 19.0. The number of fused-ring (bicyclic) bond motifs is 1. The molecular formula is C21H22N8O2. The number of aromatic nitrogens is 4. The van der Waals surface area contributed by atoms with Gasteiger partial charge >= 0.3 is 6.03 Å². The van der Waals surface area contributed by atoms with E-state index in [1.165, 1.54) is 0 Å². The lowest BCUT2D eigenvalue weighted by molar-refractivity contribution is -0.115. The lowest BCUT2D eigenvalue weighted by Gasteiger charge is -2.25. The largest absolute Gasteiger partial charge is 0.351 e. The molecule has 31 heavy (non-hydrogen) atoms. The van der Waals surface area contributed by atoms with Crippen molar-refractivity contribution in [2.45, 2.75) is 31.8 Å². The van der Waals surface area contributed by atoms with Crippen LogP contribution in [0.3, 0.4) is 0 Å². The van der Waals surface area contributed by atoms with Crippen molar-refractivity contribution in [3.05, 3.63) is 53.4 Å². The molecule has 10 heteroatoms. The second-order valence-electron chi connectivity index (χ2n) is 7.76. The minimum absolute atomic E-state index is 0.0436. The van der Waals surface area contributed by atoms with E-state index in [1.807, 2.05) is 30.1 Å². The summed E-state index contributed by atoms with van der Waals surface area (Å²) in [5.41, 5.74) is 2.45. The van der Waals surface area contributed by atoms with Gasteiger partial charge in [-0.25, -0.2) is 4.79 Å². The number of carbonyl (C=O) groups excluding carboxylic acids is 2. The maximum absolute atomic E-state index is 11.9. The molecule has 3 amide bonds. The van der Waals surface area contributed by atoms with Gasteiger partial charge in [0.2, 0.25) is 11.9 Å². The first-order valence-corrected chi connectivity index (χ1v) is 10.1. The van der Waals surface area contributed by atoms with Gasteiger partial charge < -0.3 is 15.5 Å². The van der Waals surface area contributed by atoms with Crippen molar-refractivity contribution in [1.29, 1.82) is 0 Å². The fraction of sp³-hybridized carbons (Fsp3) is 0.286. The summed E-state index contributed by atoms with van der Waals surface area (Å²) in [7, 11) is 1.95. The Morgan fingerprint density at radius 3 is 2.65 bits per heavy atom. The summed E-state index contributed by atoms with van der Waals surface area (Å²) >= 11 is 0. The highest BCUT2D eigenvalue weighted by molar-refractivity contribution is 6.14. The molecule has 1 aliphatic heterocycles. The molecule has 0 bridgehead atoms. The van der Waals surface area contributed by atoms with E-state index >= 15 is 0 Å². The minimum Gasteiger partial charge on any atom is -0.351 e. The zero-order valence-corrected chi connectivity index (χ0v) is 17.2. The molecule has 1 aliphatic carbocycles. The van der Waals surface area contributed by atoms with Crippen molar-refractivity contribution in [1.82, 2.24) is 30.2 Å². The van der Waals surface area contributed by atoms with Crippen molar-refractivity contribution >= 4 is 35.6 Å². The number of hydrogen-bond donors (Lipinski definition) is 3. The van der Waals surface area contributed by atoms with Crippen LogP contribution in [0, 0.1) is 0 Å². The summed E-state index contributed by atoms with van der Waals surface area (Å²) in [6.45, 7) is 2.09. The molecule has 2 aliphatic rings. The van der Waals surface area contributed by atoms with E-state index in [9.17, 15) is 9.59 Å². The fourth-order valence-corrected chi connectivity index (χ4v) is 3.41.